The van der Waals surface area contributed by atoms with Crippen LogP contribution in [0, 0.1) is 3.57 Å². The molecule has 0 aliphatic rings. The number of guanidine groups is 1. The molecule has 12 heavy (non-hydrogen) atoms. The summed E-state index contributed by atoms with van der Waals surface area (Å²) >= 11 is 7.36. The van der Waals surface area contributed by atoms with Gasteiger partial charge in [-0.05, 0) is 46.9 Å². The van der Waals surface area contributed by atoms with Crippen molar-refractivity contribution in [3.05, 3.63) is 27.8 Å². The third-order valence-corrected chi connectivity index (χ3v) is 2.11. The second kappa shape index (κ2) is 4.51. The lowest BCUT2D eigenvalue weighted by Crippen LogP contribution is -2.21. The molecule has 0 aliphatic heterocycles. The first-order valence-corrected chi connectivity index (χ1v) is 4.61. The van der Waals surface area contributed by atoms with Gasteiger partial charge >= 0.3 is 0 Å². The van der Waals surface area contributed by atoms with Crippen LogP contribution in [0.25, 0.3) is 0 Å². The molecule has 0 amide bonds. The molecule has 3 nitrogen and oxygen atoms in total. The van der Waals surface area contributed by atoms with Gasteiger partial charge in [-0.2, -0.15) is 0 Å². The molecule has 5 heteroatoms. The van der Waals surface area contributed by atoms with Crippen molar-refractivity contribution in [3.63, 3.8) is 0 Å². The average molecular weight is 296 g/mol. The number of hydrogen-bond acceptors (Lipinski definition) is 1. The van der Waals surface area contributed by atoms with Gasteiger partial charge in [-0.3, -0.25) is 0 Å². The fourth-order valence-electron chi connectivity index (χ4n) is 0.702. The molecule has 0 aromatic heterocycles. The van der Waals surface area contributed by atoms with Crippen LogP contribution < -0.4 is 11.1 Å². The first-order chi connectivity index (χ1) is 5.72. The maximum atomic E-state index is 5.35. The van der Waals surface area contributed by atoms with E-state index in [1.807, 2.05) is 24.3 Å². The van der Waals surface area contributed by atoms with Gasteiger partial charge in [0.2, 0.25) is 5.96 Å². The van der Waals surface area contributed by atoms with Gasteiger partial charge in [-0.1, -0.05) is 0 Å². The zero-order valence-corrected chi connectivity index (χ0v) is 9.00. The summed E-state index contributed by atoms with van der Waals surface area (Å²) in [5.74, 6) is 0.192. The number of nitrogens with two attached hydrogens (primary N) is 1. The number of halogens is 2. The van der Waals surface area contributed by atoms with Gasteiger partial charge in [0, 0.05) is 21.0 Å². The first kappa shape index (κ1) is 9.60. The minimum absolute atomic E-state index is 0.192. The Balaban J connectivity index is 2.71. The molecule has 1 rings (SSSR count). The van der Waals surface area contributed by atoms with Crippen LogP contribution in [0.5, 0.6) is 0 Å². The summed E-state index contributed by atoms with van der Waals surface area (Å²) in [4.78, 5) is 0. The van der Waals surface area contributed by atoms with E-state index in [0.29, 0.717) is 0 Å². The van der Waals surface area contributed by atoms with E-state index in [-0.39, 0.29) is 5.96 Å². The number of benzene rings is 1. The Morgan fingerprint density at radius 2 is 2.00 bits per heavy atom. The number of rotatable bonds is 1. The molecule has 0 bridgehead atoms. The van der Waals surface area contributed by atoms with Crippen LogP contribution in [-0.2, 0) is 0 Å². The molecule has 0 unspecified atom stereocenters. The van der Waals surface area contributed by atoms with Gasteiger partial charge in [-0.25, -0.2) is 0 Å². The van der Waals surface area contributed by atoms with Gasteiger partial charge < -0.3 is 11.1 Å². The van der Waals surface area contributed by atoms with E-state index in [9.17, 15) is 0 Å². The fourth-order valence-corrected chi connectivity index (χ4v) is 1.10. The Labute approximate surface area is 89.3 Å². The summed E-state index contributed by atoms with van der Waals surface area (Å²) in [6.07, 6.45) is 0. The van der Waals surface area contributed by atoms with Gasteiger partial charge in [-0.15, -0.1) is 4.51 Å². The minimum atomic E-state index is 0.192. The van der Waals surface area contributed by atoms with E-state index < -0.39 is 0 Å². The molecule has 0 aliphatic carbocycles. The Morgan fingerprint density at radius 1 is 1.42 bits per heavy atom. The lowest BCUT2D eigenvalue weighted by molar-refractivity contribution is 1.53. The predicted octanol–water partition coefficient (Wildman–Crippen LogP) is 2.17. The van der Waals surface area contributed by atoms with Crippen molar-refractivity contribution >= 4 is 46.0 Å². The maximum absolute atomic E-state index is 5.35. The van der Waals surface area contributed by atoms with E-state index in [2.05, 4.69) is 32.4 Å². The van der Waals surface area contributed by atoms with Crippen LogP contribution >= 0.6 is 34.4 Å². The van der Waals surface area contributed by atoms with Gasteiger partial charge in [0.1, 0.15) is 0 Å². The van der Waals surface area contributed by atoms with Crippen molar-refractivity contribution in [2.24, 2.45) is 10.2 Å². The number of nitrogens with one attached hydrogen (secondary N) is 1. The largest absolute Gasteiger partial charge is 0.369 e. The summed E-state index contributed by atoms with van der Waals surface area (Å²) in [6.45, 7) is 0. The van der Waals surface area contributed by atoms with E-state index in [4.69, 9.17) is 17.5 Å². The Morgan fingerprint density at radius 3 is 2.50 bits per heavy atom. The standard InChI is InChI=1S/C7H7ClIN3/c8-12-7(10)11-6-3-1-5(9)2-4-6/h1-4H,(H3,10,11,12). The monoisotopic (exact) mass is 295 g/mol. The van der Waals surface area contributed by atoms with E-state index in [1.165, 1.54) is 3.57 Å². The summed E-state index contributed by atoms with van der Waals surface area (Å²) in [6, 6.07) is 7.72. The molecule has 0 atom stereocenters. The van der Waals surface area contributed by atoms with Gasteiger partial charge in [0.25, 0.3) is 0 Å². The van der Waals surface area contributed by atoms with Gasteiger partial charge in [0.15, 0.2) is 0 Å². The summed E-state index contributed by atoms with van der Waals surface area (Å²) in [5, 5.41) is 2.81. The van der Waals surface area contributed by atoms with E-state index in [0.717, 1.165) is 5.69 Å². The summed E-state index contributed by atoms with van der Waals surface area (Å²) < 4.78 is 4.43. The topological polar surface area (TPSA) is 50.4 Å². The fraction of sp³-hybridized carbons (Fsp3) is 0. The molecule has 3 N–H and O–H groups in total. The summed E-state index contributed by atoms with van der Waals surface area (Å²) in [7, 11) is 0. The number of hydrogen-bond donors (Lipinski definition) is 2. The zero-order chi connectivity index (χ0) is 8.97. The molecule has 0 fully saturated rings. The highest BCUT2D eigenvalue weighted by molar-refractivity contribution is 14.1. The van der Waals surface area contributed by atoms with Crippen molar-refractivity contribution < 1.29 is 0 Å². The molecule has 1 aromatic carbocycles. The van der Waals surface area contributed by atoms with Crippen LogP contribution in [0.4, 0.5) is 5.69 Å². The van der Waals surface area contributed by atoms with E-state index >= 15 is 0 Å². The van der Waals surface area contributed by atoms with Crippen LogP contribution in [0.3, 0.4) is 0 Å². The second-order valence-corrected chi connectivity index (χ2v) is 3.52. The second-order valence-electron chi connectivity index (χ2n) is 2.10. The van der Waals surface area contributed by atoms with Crippen LogP contribution in [0.2, 0.25) is 0 Å². The first-order valence-electron chi connectivity index (χ1n) is 3.19. The minimum Gasteiger partial charge on any atom is -0.369 e. The lowest BCUT2D eigenvalue weighted by atomic mass is 10.3. The molecule has 0 heterocycles. The lowest BCUT2D eigenvalue weighted by Gasteiger charge is -2.02. The van der Waals surface area contributed by atoms with Crippen LogP contribution in [0.15, 0.2) is 28.8 Å². The highest BCUT2D eigenvalue weighted by Crippen LogP contribution is 2.10. The molecule has 0 saturated carbocycles. The van der Waals surface area contributed by atoms with Crippen LogP contribution in [-0.4, -0.2) is 5.96 Å². The smallest absolute Gasteiger partial charge is 0.210 e. The molecule has 64 valence electrons. The van der Waals surface area contributed by atoms with Crippen molar-refractivity contribution in [3.8, 4) is 0 Å². The SMILES string of the molecule is NC(=NCl)Nc1ccc(I)cc1. The van der Waals surface area contributed by atoms with Crippen molar-refractivity contribution in [1.29, 1.82) is 0 Å². The quantitative estimate of drug-likeness (QED) is 0.474. The maximum Gasteiger partial charge on any atom is 0.210 e. The van der Waals surface area contributed by atoms with Crippen molar-refractivity contribution in [2.45, 2.75) is 0 Å². The van der Waals surface area contributed by atoms with Crippen molar-refractivity contribution in [1.82, 2.24) is 0 Å². The third-order valence-electron chi connectivity index (χ3n) is 1.21. The third kappa shape index (κ3) is 2.86. The summed E-state index contributed by atoms with van der Waals surface area (Å²) in [5.41, 5.74) is 6.22. The Bertz CT molecular complexity index is 283. The predicted molar refractivity (Wildman–Crippen MR) is 60.3 cm³/mol. The highest BCUT2D eigenvalue weighted by atomic mass is 127. The zero-order valence-electron chi connectivity index (χ0n) is 6.09. The highest BCUT2D eigenvalue weighted by Gasteiger charge is 1.92. The van der Waals surface area contributed by atoms with Crippen molar-refractivity contribution in [2.75, 3.05) is 5.32 Å². The molecule has 0 saturated heterocycles. The molecular weight excluding hydrogens is 288 g/mol. The Hall–Kier alpha value is -0.490. The average Bonchev–Trinajstić information content (AvgIpc) is 2.09. The molecule has 0 spiro atoms. The number of nitrogens with zero attached hydrogens (tertiary/aromatic N) is 1. The molecule has 1 aromatic rings. The van der Waals surface area contributed by atoms with Crippen LogP contribution in [0.1, 0.15) is 0 Å². The van der Waals surface area contributed by atoms with E-state index in [1.54, 1.807) is 0 Å². The molecular formula is C7H7ClIN3. The molecule has 0 radical (unpaired) electrons. The van der Waals surface area contributed by atoms with Gasteiger partial charge in [0.05, 0.1) is 0 Å². The number of anilines is 1. The normalized spacial score (nSPS) is 11.3. The Kier molecular flexibility index (Phi) is 3.61.